The summed E-state index contributed by atoms with van der Waals surface area (Å²) >= 11 is 1.46. The van der Waals surface area contributed by atoms with E-state index in [9.17, 15) is 4.39 Å². The second-order valence-corrected chi connectivity index (χ2v) is 7.15. The van der Waals surface area contributed by atoms with Crippen molar-refractivity contribution in [2.24, 2.45) is 4.99 Å². The Kier molecular flexibility index (Phi) is 9.34. The molecule has 29 heavy (non-hydrogen) atoms. The standard InChI is InChI=1S/C19H27FN6OS.HI/c1-4-17-23-19(28-24-17)26-10-8-25(9-11-26)18(21-3)22-13-14-6-7-16(27-5-2)15(20)12-14;/h6-7,12H,4-5,8-11,13H2,1-3H3,(H,21,22);1H. The Balaban J connectivity index is 0.00000300. The summed E-state index contributed by atoms with van der Waals surface area (Å²) in [5.74, 6) is 1.67. The zero-order valence-corrected chi connectivity index (χ0v) is 20.2. The van der Waals surface area contributed by atoms with Gasteiger partial charge in [-0.3, -0.25) is 4.99 Å². The predicted molar refractivity (Wildman–Crippen MR) is 126 cm³/mol. The molecule has 3 rings (SSSR count). The van der Waals surface area contributed by atoms with Gasteiger partial charge in [-0.2, -0.15) is 4.37 Å². The molecule has 2 heterocycles. The van der Waals surface area contributed by atoms with Crippen LogP contribution in [0.4, 0.5) is 9.52 Å². The van der Waals surface area contributed by atoms with E-state index in [0.29, 0.717) is 13.2 Å². The van der Waals surface area contributed by atoms with Crippen molar-refractivity contribution < 1.29 is 9.13 Å². The molecule has 0 atom stereocenters. The Labute approximate surface area is 192 Å². The van der Waals surface area contributed by atoms with Gasteiger partial charge in [0.1, 0.15) is 5.82 Å². The fourth-order valence-corrected chi connectivity index (χ4v) is 3.87. The van der Waals surface area contributed by atoms with Crippen molar-refractivity contribution in [3.8, 4) is 5.75 Å². The van der Waals surface area contributed by atoms with Gasteiger partial charge in [0.25, 0.3) is 0 Å². The summed E-state index contributed by atoms with van der Waals surface area (Å²) in [5.41, 5.74) is 0.849. The lowest BCUT2D eigenvalue weighted by molar-refractivity contribution is 0.321. The van der Waals surface area contributed by atoms with Crippen molar-refractivity contribution in [1.29, 1.82) is 0 Å². The van der Waals surface area contributed by atoms with Crippen LogP contribution in [-0.2, 0) is 13.0 Å². The molecule has 1 fully saturated rings. The summed E-state index contributed by atoms with van der Waals surface area (Å²) in [4.78, 5) is 13.4. The molecule has 1 aromatic carbocycles. The first-order chi connectivity index (χ1) is 13.6. The molecule has 1 saturated heterocycles. The van der Waals surface area contributed by atoms with Crippen LogP contribution in [0, 0.1) is 5.82 Å². The van der Waals surface area contributed by atoms with E-state index in [0.717, 1.165) is 55.1 Å². The quantitative estimate of drug-likeness (QED) is 0.349. The lowest BCUT2D eigenvalue weighted by Gasteiger charge is -2.36. The summed E-state index contributed by atoms with van der Waals surface area (Å²) in [5, 5.41) is 4.32. The maximum absolute atomic E-state index is 14.0. The number of halogens is 2. The molecular formula is C19H28FIN6OS. The van der Waals surface area contributed by atoms with E-state index in [-0.39, 0.29) is 35.5 Å². The zero-order chi connectivity index (χ0) is 19.9. The molecule has 7 nitrogen and oxygen atoms in total. The zero-order valence-electron chi connectivity index (χ0n) is 17.0. The summed E-state index contributed by atoms with van der Waals surface area (Å²) in [6.45, 7) is 8.29. The maximum atomic E-state index is 14.0. The van der Waals surface area contributed by atoms with E-state index in [2.05, 4.69) is 36.4 Å². The van der Waals surface area contributed by atoms with E-state index in [4.69, 9.17) is 4.74 Å². The Morgan fingerprint density at radius 3 is 2.62 bits per heavy atom. The van der Waals surface area contributed by atoms with Crippen LogP contribution in [0.3, 0.4) is 0 Å². The molecule has 1 aromatic heterocycles. The Hall–Kier alpha value is -1.69. The number of aliphatic imine (C=N–C) groups is 1. The number of ether oxygens (including phenoxy) is 1. The van der Waals surface area contributed by atoms with Gasteiger partial charge in [-0.1, -0.05) is 13.0 Å². The molecule has 1 N–H and O–H groups in total. The van der Waals surface area contributed by atoms with Crippen LogP contribution in [0.1, 0.15) is 25.2 Å². The van der Waals surface area contributed by atoms with E-state index in [1.807, 2.05) is 13.0 Å². The predicted octanol–water partition coefficient (Wildman–Crippen LogP) is 3.15. The highest BCUT2D eigenvalue weighted by molar-refractivity contribution is 14.0. The van der Waals surface area contributed by atoms with E-state index in [1.54, 1.807) is 13.1 Å². The summed E-state index contributed by atoms with van der Waals surface area (Å²) in [6.07, 6.45) is 0.860. The number of piperazine rings is 1. The SMILES string of the molecule is CCOc1ccc(CNC(=NC)N2CCN(c3nc(CC)ns3)CC2)cc1F.I. The molecule has 0 spiro atoms. The van der Waals surface area contributed by atoms with Gasteiger partial charge < -0.3 is 19.9 Å². The molecular weight excluding hydrogens is 506 g/mol. The van der Waals surface area contributed by atoms with Gasteiger partial charge >= 0.3 is 0 Å². The van der Waals surface area contributed by atoms with Crippen molar-refractivity contribution in [2.45, 2.75) is 26.8 Å². The molecule has 1 aliphatic heterocycles. The molecule has 0 radical (unpaired) electrons. The number of hydrogen-bond donors (Lipinski definition) is 1. The van der Waals surface area contributed by atoms with Crippen LogP contribution in [-0.4, -0.2) is 60.1 Å². The largest absolute Gasteiger partial charge is 0.491 e. The van der Waals surface area contributed by atoms with Gasteiger partial charge in [0.2, 0.25) is 5.13 Å². The van der Waals surface area contributed by atoms with Crippen molar-refractivity contribution in [2.75, 3.05) is 44.7 Å². The Morgan fingerprint density at radius 2 is 2.03 bits per heavy atom. The van der Waals surface area contributed by atoms with Crippen molar-refractivity contribution in [1.82, 2.24) is 19.6 Å². The first-order valence-corrected chi connectivity index (χ1v) is 10.4. The van der Waals surface area contributed by atoms with E-state index >= 15 is 0 Å². The van der Waals surface area contributed by atoms with Crippen LogP contribution in [0.5, 0.6) is 5.75 Å². The van der Waals surface area contributed by atoms with Crippen LogP contribution >= 0.6 is 35.5 Å². The van der Waals surface area contributed by atoms with Crippen molar-refractivity contribution in [3.63, 3.8) is 0 Å². The number of hydrogen-bond acceptors (Lipinski definition) is 6. The lowest BCUT2D eigenvalue weighted by Crippen LogP contribution is -2.52. The topological polar surface area (TPSA) is 65.9 Å². The highest BCUT2D eigenvalue weighted by Gasteiger charge is 2.22. The molecule has 0 amide bonds. The van der Waals surface area contributed by atoms with E-state index < -0.39 is 0 Å². The summed E-state index contributed by atoms with van der Waals surface area (Å²) in [7, 11) is 1.77. The third-order valence-corrected chi connectivity index (χ3v) is 5.40. The maximum Gasteiger partial charge on any atom is 0.205 e. The minimum absolute atomic E-state index is 0. The van der Waals surface area contributed by atoms with Crippen molar-refractivity contribution in [3.05, 3.63) is 35.4 Å². The minimum atomic E-state index is -0.340. The van der Waals surface area contributed by atoms with Gasteiger partial charge in [0, 0.05) is 57.7 Å². The Bertz CT molecular complexity index is 810. The molecule has 0 saturated carbocycles. The second-order valence-electron chi connectivity index (χ2n) is 6.42. The van der Waals surface area contributed by atoms with E-state index in [1.165, 1.54) is 17.6 Å². The van der Waals surface area contributed by atoms with Gasteiger partial charge in [-0.05, 0) is 24.6 Å². The van der Waals surface area contributed by atoms with Gasteiger partial charge in [-0.15, -0.1) is 24.0 Å². The monoisotopic (exact) mass is 534 g/mol. The number of anilines is 1. The fourth-order valence-electron chi connectivity index (χ4n) is 3.07. The highest BCUT2D eigenvalue weighted by atomic mass is 127. The first-order valence-electron chi connectivity index (χ1n) is 9.59. The number of nitrogens with zero attached hydrogens (tertiary/aromatic N) is 5. The molecule has 0 unspecified atom stereocenters. The Morgan fingerprint density at radius 1 is 1.28 bits per heavy atom. The molecule has 2 aromatic rings. The fraction of sp³-hybridized carbons (Fsp3) is 0.526. The van der Waals surface area contributed by atoms with Crippen molar-refractivity contribution >= 4 is 46.6 Å². The number of nitrogens with one attached hydrogen (secondary N) is 1. The smallest absolute Gasteiger partial charge is 0.205 e. The number of aromatic nitrogens is 2. The molecule has 0 aliphatic carbocycles. The van der Waals surface area contributed by atoms with Gasteiger partial charge in [0.05, 0.1) is 6.61 Å². The van der Waals surface area contributed by atoms with Crippen LogP contribution in [0.15, 0.2) is 23.2 Å². The van der Waals surface area contributed by atoms with Gasteiger partial charge in [-0.25, -0.2) is 9.37 Å². The molecule has 0 bridgehead atoms. The number of rotatable bonds is 6. The second kappa shape index (κ2) is 11.5. The van der Waals surface area contributed by atoms with Crippen LogP contribution in [0.25, 0.3) is 0 Å². The number of aryl methyl sites for hydroxylation is 1. The minimum Gasteiger partial charge on any atom is -0.491 e. The third kappa shape index (κ3) is 6.14. The van der Waals surface area contributed by atoms with Gasteiger partial charge in [0.15, 0.2) is 17.5 Å². The summed E-state index contributed by atoms with van der Waals surface area (Å²) < 4.78 is 23.6. The first kappa shape index (κ1) is 23.6. The molecule has 160 valence electrons. The number of guanidine groups is 1. The molecule has 1 aliphatic rings. The average Bonchev–Trinajstić information content (AvgIpc) is 3.20. The molecule has 10 heteroatoms. The summed E-state index contributed by atoms with van der Waals surface area (Å²) in [6, 6.07) is 5.04. The van der Waals surface area contributed by atoms with Crippen LogP contribution < -0.4 is 15.0 Å². The lowest BCUT2D eigenvalue weighted by atomic mass is 10.2. The average molecular weight is 534 g/mol. The third-order valence-electron chi connectivity index (χ3n) is 4.58. The normalized spacial score (nSPS) is 14.6. The number of benzene rings is 1. The highest BCUT2D eigenvalue weighted by Crippen LogP contribution is 2.20. The van der Waals surface area contributed by atoms with Crippen LogP contribution in [0.2, 0.25) is 0 Å².